The van der Waals surface area contributed by atoms with Gasteiger partial charge in [-0.3, -0.25) is 9.59 Å². The molecular weight excluding hydrogens is 268 g/mol. The lowest BCUT2D eigenvalue weighted by Gasteiger charge is -2.03. The fourth-order valence-electron chi connectivity index (χ4n) is 1.77. The summed E-state index contributed by atoms with van der Waals surface area (Å²) < 4.78 is 5.35. The van der Waals surface area contributed by atoms with E-state index in [0.29, 0.717) is 29.0 Å². The van der Waals surface area contributed by atoms with Crippen LogP contribution >= 0.6 is 11.6 Å². The van der Waals surface area contributed by atoms with E-state index in [1.165, 1.54) is 0 Å². The van der Waals surface area contributed by atoms with Crippen LogP contribution in [0.25, 0.3) is 11.0 Å². The molecule has 0 spiro atoms. The molecule has 19 heavy (non-hydrogen) atoms. The highest BCUT2D eigenvalue weighted by molar-refractivity contribution is 6.18. The van der Waals surface area contributed by atoms with Crippen LogP contribution in [-0.4, -0.2) is 17.7 Å². The summed E-state index contributed by atoms with van der Waals surface area (Å²) in [5.41, 5.74) is 6.07. The van der Waals surface area contributed by atoms with E-state index in [0.717, 1.165) is 0 Å². The van der Waals surface area contributed by atoms with E-state index in [9.17, 15) is 9.59 Å². The molecule has 2 rings (SSSR count). The molecule has 1 heterocycles. The molecule has 0 aliphatic rings. The standard InChI is InChI=1S/C13H13ClN2O3/c14-7-3-6-10(17)16-11-8-4-1-2-5-9(8)19-12(11)13(15)18/h1-2,4-5H,3,6-7H2,(H2,15,18)(H,16,17). The summed E-state index contributed by atoms with van der Waals surface area (Å²) >= 11 is 5.53. The third-order valence-corrected chi connectivity index (χ3v) is 2.89. The number of nitrogens with two attached hydrogens (primary N) is 1. The minimum absolute atomic E-state index is 0.0413. The topological polar surface area (TPSA) is 85.3 Å². The van der Waals surface area contributed by atoms with Crippen molar-refractivity contribution in [2.24, 2.45) is 5.73 Å². The number of hydrogen-bond donors (Lipinski definition) is 2. The van der Waals surface area contributed by atoms with Crippen molar-refractivity contribution >= 4 is 40.1 Å². The van der Waals surface area contributed by atoms with Crippen molar-refractivity contribution in [1.29, 1.82) is 0 Å². The summed E-state index contributed by atoms with van der Waals surface area (Å²) in [6.07, 6.45) is 0.844. The number of hydrogen-bond acceptors (Lipinski definition) is 3. The second kappa shape index (κ2) is 5.75. The second-order valence-electron chi connectivity index (χ2n) is 4.01. The SMILES string of the molecule is NC(=O)c1oc2ccccc2c1NC(=O)CCCCl. The van der Waals surface area contributed by atoms with Gasteiger partial charge in [0.1, 0.15) is 11.3 Å². The van der Waals surface area contributed by atoms with Gasteiger partial charge in [0.05, 0.1) is 0 Å². The molecule has 3 N–H and O–H groups in total. The lowest BCUT2D eigenvalue weighted by molar-refractivity contribution is -0.116. The lowest BCUT2D eigenvalue weighted by atomic mass is 10.2. The van der Waals surface area contributed by atoms with E-state index in [2.05, 4.69) is 5.32 Å². The number of para-hydroxylation sites is 1. The van der Waals surface area contributed by atoms with Crippen LogP contribution in [0.1, 0.15) is 23.4 Å². The highest BCUT2D eigenvalue weighted by Gasteiger charge is 2.19. The first-order valence-electron chi connectivity index (χ1n) is 5.80. The summed E-state index contributed by atoms with van der Waals surface area (Å²) in [7, 11) is 0. The van der Waals surface area contributed by atoms with Crippen molar-refractivity contribution in [3.8, 4) is 0 Å². The number of rotatable bonds is 5. The highest BCUT2D eigenvalue weighted by Crippen LogP contribution is 2.30. The van der Waals surface area contributed by atoms with Crippen molar-refractivity contribution < 1.29 is 14.0 Å². The zero-order chi connectivity index (χ0) is 13.8. The van der Waals surface area contributed by atoms with Crippen molar-refractivity contribution in [3.63, 3.8) is 0 Å². The van der Waals surface area contributed by atoms with Gasteiger partial charge in [-0.2, -0.15) is 0 Å². The quantitative estimate of drug-likeness (QED) is 0.825. The number of nitrogens with one attached hydrogen (secondary N) is 1. The van der Waals surface area contributed by atoms with E-state index < -0.39 is 5.91 Å². The first-order chi connectivity index (χ1) is 9.13. The Bertz CT molecular complexity index is 621. The summed E-state index contributed by atoms with van der Waals surface area (Å²) in [6.45, 7) is 0. The van der Waals surface area contributed by atoms with Crippen molar-refractivity contribution in [2.45, 2.75) is 12.8 Å². The maximum atomic E-state index is 11.7. The number of benzene rings is 1. The third-order valence-electron chi connectivity index (χ3n) is 2.62. The first kappa shape index (κ1) is 13.4. The molecule has 0 fully saturated rings. The molecule has 100 valence electrons. The number of carbonyl (C=O) groups is 2. The van der Waals surface area contributed by atoms with Crippen LogP contribution in [-0.2, 0) is 4.79 Å². The predicted octanol–water partition coefficient (Wildman–Crippen LogP) is 2.49. The Morgan fingerprint density at radius 2 is 2.05 bits per heavy atom. The van der Waals surface area contributed by atoms with E-state index >= 15 is 0 Å². The lowest BCUT2D eigenvalue weighted by Crippen LogP contribution is -2.16. The van der Waals surface area contributed by atoms with E-state index in [-0.39, 0.29) is 18.1 Å². The Morgan fingerprint density at radius 1 is 1.32 bits per heavy atom. The predicted molar refractivity (Wildman–Crippen MR) is 73.3 cm³/mol. The van der Waals surface area contributed by atoms with Crippen molar-refractivity contribution in [2.75, 3.05) is 11.2 Å². The van der Waals surface area contributed by atoms with Crippen LogP contribution in [0.5, 0.6) is 0 Å². The van der Waals surface area contributed by atoms with E-state index in [1.807, 2.05) is 0 Å². The number of anilines is 1. The minimum atomic E-state index is -0.719. The molecule has 5 nitrogen and oxygen atoms in total. The summed E-state index contributed by atoms with van der Waals surface area (Å²) in [5, 5.41) is 3.31. The molecule has 0 radical (unpaired) electrons. The fourth-order valence-corrected chi connectivity index (χ4v) is 1.91. The third kappa shape index (κ3) is 2.88. The smallest absolute Gasteiger partial charge is 0.286 e. The normalized spacial score (nSPS) is 10.6. The summed E-state index contributed by atoms with van der Waals surface area (Å²) in [6, 6.07) is 7.02. The molecule has 0 saturated heterocycles. The van der Waals surface area contributed by atoms with Gasteiger partial charge in [0.2, 0.25) is 11.7 Å². The average Bonchev–Trinajstić information content (AvgIpc) is 2.76. The largest absolute Gasteiger partial charge is 0.449 e. The van der Waals surface area contributed by atoms with Gasteiger partial charge in [-0.05, 0) is 18.6 Å². The van der Waals surface area contributed by atoms with Crippen molar-refractivity contribution in [1.82, 2.24) is 0 Å². The Hall–Kier alpha value is -2.01. The second-order valence-corrected chi connectivity index (χ2v) is 4.39. The zero-order valence-corrected chi connectivity index (χ0v) is 10.9. The molecule has 1 aromatic heterocycles. The van der Waals surface area contributed by atoms with Gasteiger partial charge >= 0.3 is 0 Å². The maximum Gasteiger partial charge on any atom is 0.286 e. The van der Waals surface area contributed by atoms with E-state index in [4.69, 9.17) is 21.8 Å². The van der Waals surface area contributed by atoms with Crippen LogP contribution < -0.4 is 11.1 Å². The van der Waals surface area contributed by atoms with Gasteiger partial charge in [-0.15, -0.1) is 11.6 Å². The van der Waals surface area contributed by atoms with Crippen LogP contribution in [0.15, 0.2) is 28.7 Å². The Labute approximate surface area is 114 Å². The van der Waals surface area contributed by atoms with Crippen molar-refractivity contribution in [3.05, 3.63) is 30.0 Å². The van der Waals surface area contributed by atoms with Gasteiger partial charge in [0, 0.05) is 17.7 Å². The molecule has 1 aromatic carbocycles. The molecule has 0 atom stereocenters. The number of primary amides is 1. The molecule has 0 saturated carbocycles. The number of halogens is 1. The molecular formula is C13H13ClN2O3. The number of amides is 2. The number of alkyl halides is 1. The van der Waals surface area contributed by atoms with Gasteiger partial charge in [0.25, 0.3) is 5.91 Å². The summed E-state index contributed by atoms with van der Waals surface area (Å²) in [5.74, 6) is -0.582. The number of fused-ring (bicyclic) bond motifs is 1. The monoisotopic (exact) mass is 280 g/mol. The molecule has 0 aliphatic carbocycles. The van der Waals surface area contributed by atoms with Crippen LogP contribution in [0.3, 0.4) is 0 Å². The molecule has 6 heteroatoms. The van der Waals surface area contributed by atoms with E-state index in [1.54, 1.807) is 24.3 Å². The highest BCUT2D eigenvalue weighted by atomic mass is 35.5. The van der Waals surface area contributed by atoms with Gasteiger partial charge < -0.3 is 15.5 Å². The zero-order valence-electron chi connectivity index (χ0n) is 10.1. The summed E-state index contributed by atoms with van der Waals surface area (Å²) in [4.78, 5) is 23.1. The molecule has 2 aromatic rings. The fraction of sp³-hybridized carbons (Fsp3) is 0.231. The van der Waals surface area contributed by atoms with Gasteiger partial charge in [-0.1, -0.05) is 12.1 Å². The molecule has 0 aliphatic heterocycles. The average molecular weight is 281 g/mol. The first-order valence-corrected chi connectivity index (χ1v) is 6.34. The van der Waals surface area contributed by atoms with Gasteiger partial charge in [0.15, 0.2) is 0 Å². The molecule has 2 amide bonds. The van der Waals surface area contributed by atoms with Crippen LogP contribution in [0, 0.1) is 0 Å². The Kier molecular flexibility index (Phi) is 4.06. The Morgan fingerprint density at radius 3 is 2.74 bits per heavy atom. The number of carbonyl (C=O) groups excluding carboxylic acids is 2. The van der Waals surface area contributed by atoms with Crippen LogP contribution in [0.2, 0.25) is 0 Å². The minimum Gasteiger partial charge on any atom is -0.449 e. The number of furan rings is 1. The molecule has 0 bridgehead atoms. The molecule has 0 unspecified atom stereocenters. The Balaban J connectivity index is 2.36. The van der Waals surface area contributed by atoms with Crippen LogP contribution in [0.4, 0.5) is 5.69 Å². The van der Waals surface area contributed by atoms with Gasteiger partial charge in [-0.25, -0.2) is 0 Å². The maximum absolute atomic E-state index is 11.7.